The number of ketones is 1. The molecule has 0 bridgehead atoms. The number of Topliss-reactive ketones (excluding diaryl/α,β-unsaturated/α-hetero) is 1. The lowest BCUT2D eigenvalue weighted by Gasteiger charge is -2.44. The first-order valence-corrected chi connectivity index (χ1v) is 11.7. The van der Waals surface area contributed by atoms with E-state index in [0.717, 1.165) is 16.8 Å². The zero-order valence-electron chi connectivity index (χ0n) is 18.4. The second kappa shape index (κ2) is 7.99. The summed E-state index contributed by atoms with van der Waals surface area (Å²) in [6, 6.07) is 16.8. The Hall–Kier alpha value is -3.64. The molecule has 0 unspecified atom stereocenters. The van der Waals surface area contributed by atoms with Crippen LogP contribution in [0.1, 0.15) is 40.0 Å². The van der Waals surface area contributed by atoms with E-state index < -0.39 is 5.60 Å². The van der Waals surface area contributed by atoms with E-state index in [1.165, 1.54) is 0 Å². The third kappa shape index (κ3) is 3.55. The predicted molar refractivity (Wildman–Crippen MR) is 130 cm³/mol. The number of ether oxygens (including phenoxy) is 1. The summed E-state index contributed by atoms with van der Waals surface area (Å²) in [7, 11) is 0. The molecular weight excluding hydrogens is 450 g/mol. The van der Waals surface area contributed by atoms with Crippen molar-refractivity contribution in [3.8, 4) is 16.9 Å². The number of fused-ring (bicyclic) bond motifs is 2. The molecule has 4 heterocycles. The zero-order chi connectivity index (χ0) is 23.3. The molecule has 0 radical (unpaired) electrons. The first kappa shape index (κ1) is 20.9. The van der Waals surface area contributed by atoms with Gasteiger partial charge in [-0.3, -0.25) is 9.59 Å². The van der Waals surface area contributed by atoms with Gasteiger partial charge in [0.15, 0.2) is 5.78 Å². The lowest BCUT2D eigenvalue weighted by atomic mass is 9.82. The van der Waals surface area contributed by atoms with Crippen LogP contribution in [-0.4, -0.2) is 44.7 Å². The summed E-state index contributed by atoms with van der Waals surface area (Å²) in [6.07, 6.45) is 6.99. The number of hydrogen-bond donors (Lipinski definition) is 0. The van der Waals surface area contributed by atoms with Gasteiger partial charge in [0, 0.05) is 55.1 Å². The number of imidazole rings is 1. The van der Waals surface area contributed by atoms with Crippen LogP contribution in [0.4, 0.5) is 0 Å². The molecule has 6 nitrogen and oxygen atoms in total. The molecule has 1 saturated heterocycles. The average Bonchev–Trinajstić information content (AvgIpc) is 3.33. The summed E-state index contributed by atoms with van der Waals surface area (Å²) in [5.74, 6) is 0.722. The van der Waals surface area contributed by atoms with Crippen LogP contribution in [0.5, 0.6) is 5.75 Å². The average molecular weight is 472 g/mol. The quantitative estimate of drug-likeness (QED) is 0.398. The minimum atomic E-state index is -0.537. The number of benzene rings is 2. The van der Waals surface area contributed by atoms with Gasteiger partial charge in [0.2, 0.25) is 0 Å². The van der Waals surface area contributed by atoms with Crippen LogP contribution >= 0.6 is 11.6 Å². The van der Waals surface area contributed by atoms with E-state index in [2.05, 4.69) is 4.98 Å². The Kier molecular flexibility index (Phi) is 4.92. The van der Waals surface area contributed by atoms with Crippen LogP contribution in [0, 0.1) is 0 Å². The molecule has 2 aromatic heterocycles. The number of amides is 1. The highest BCUT2D eigenvalue weighted by Gasteiger charge is 2.43. The van der Waals surface area contributed by atoms with Crippen molar-refractivity contribution in [1.29, 1.82) is 0 Å². The Morgan fingerprint density at radius 2 is 1.79 bits per heavy atom. The molecule has 1 fully saturated rings. The van der Waals surface area contributed by atoms with Gasteiger partial charge in [-0.05, 0) is 35.9 Å². The number of carbonyl (C=O) groups is 2. The monoisotopic (exact) mass is 471 g/mol. The first-order chi connectivity index (χ1) is 16.5. The molecule has 2 aliphatic heterocycles. The molecule has 0 atom stereocenters. The number of rotatable bonds is 2. The van der Waals surface area contributed by atoms with Gasteiger partial charge in [0.1, 0.15) is 17.0 Å². The van der Waals surface area contributed by atoms with Crippen molar-refractivity contribution in [3.63, 3.8) is 0 Å². The summed E-state index contributed by atoms with van der Waals surface area (Å²) in [5.41, 5.74) is 3.31. The fourth-order valence-electron chi connectivity index (χ4n) is 5.01. The summed E-state index contributed by atoms with van der Waals surface area (Å²) in [4.78, 5) is 32.5. The molecule has 0 N–H and O–H groups in total. The molecule has 4 aromatic rings. The van der Waals surface area contributed by atoms with Crippen LogP contribution in [0.2, 0.25) is 5.02 Å². The van der Waals surface area contributed by atoms with E-state index in [1.807, 2.05) is 76.3 Å². The predicted octanol–water partition coefficient (Wildman–Crippen LogP) is 5.29. The molecule has 7 heteroatoms. The van der Waals surface area contributed by atoms with Gasteiger partial charge in [-0.25, -0.2) is 4.98 Å². The van der Waals surface area contributed by atoms with Crippen LogP contribution in [0.3, 0.4) is 0 Å². The Balaban J connectivity index is 1.25. The smallest absolute Gasteiger partial charge is 0.255 e. The van der Waals surface area contributed by atoms with Crippen molar-refractivity contribution in [1.82, 2.24) is 14.3 Å². The van der Waals surface area contributed by atoms with Crippen molar-refractivity contribution in [2.75, 3.05) is 13.1 Å². The Labute approximate surface area is 201 Å². The lowest BCUT2D eigenvalue weighted by Crippen LogP contribution is -2.52. The maximum atomic E-state index is 13.5. The Morgan fingerprint density at radius 1 is 1.03 bits per heavy atom. The van der Waals surface area contributed by atoms with Gasteiger partial charge in [-0.1, -0.05) is 35.9 Å². The molecule has 170 valence electrons. The first-order valence-electron chi connectivity index (χ1n) is 11.3. The topological polar surface area (TPSA) is 63.9 Å². The Bertz CT molecular complexity index is 1420. The number of piperidine rings is 1. The SMILES string of the molecule is O=C1CC2(CCN(C(=O)c3cc(-c4ccc(Cl)cc4)c4nccn4c3)CC2)Oc2ccccc21. The van der Waals surface area contributed by atoms with Gasteiger partial charge in [-0.15, -0.1) is 0 Å². The number of halogens is 1. The van der Waals surface area contributed by atoms with Crippen LogP contribution < -0.4 is 4.74 Å². The third-order valence-corrected chi connectivity index (χ3v) is 7.10. The number of pyridine rings is 1. The molecule has 2 aliphatic rings. The number of likely N-dealkylation sites (tertiary alicyclic amines) is 1. The second-order valence-electron chi connectivity index (χ2n) is 8.98. The van der Waals surface area contributed by atoms with Gasteiger partial charge in [0.25, 0.3) is 5.91 Å². The normalized spacial score (nSPS) is 17.0. The molecule has 1 spiro atoms. The molecule has 2 aromatic carbocycles. The summed E-state index contributed by atoms with van der Waals surface area (Å²) < 4.78 is 8.19. The van der Waals surface area contributed by atoms with E-state index >= 15 is 0 Å². The van der Waals surface area contributed by atoms with Crippen molar-refractivity contribution >= 4 is 28.9 Å². The molecule has 34 heavy (non-hydrogen) atoms. The molecule has 6 rings (SSSR count). The van der Waals surface area contributed by atoms with Gasteiger partial charge >= 0.3 is 0 Å². The van der Waals surface area contributed by atoms with Gasteiger partial charge in [0.05, 0.1) is 17.5 Å². The number of hydrogen-bond acceptors (Lipinski definition) is 4. The minimum absolute atomic E-state index is 0.0387. The van der Waals surface area contributed by atoms with Crippen molar-refractivity contribution in [2.24, 2.45) is 0 Å². The molecular formula is C27H22ClN3O3. The number of nitrogens with zero attached hydrogens (tertiary/aromatic N) is 3. The van der Waals surface area contributed by atoms with E-state index in [9.17, 15) is 9.59 Å². The summed E-state index contributed by atoms with van der Waals surface area (Å²) in [5, 5.41) is 0.656. The fraction of sp³-hybridized carbons (Fsp3) is 0.222. The van der Waals surface area contributed by atoms with Gasteiger partial charge < -0.3 is 14.0 Å². The second-order valence-corrected chi connectivity index (χ2v) is 9.42. The minimum Gasteiger partial charge on any atom is -0.486 e. The third-order valence-electron chi connectivity index (χ3n) is 6.85. The standard InChI is InChI=1S/C27H22ClN3O3/c28-20-7-5-18(6-8-20)22-15-19(17-31-14-11-29-25(22)31)26(33)30-12-9-27(10-13-30)16-23(32)21-3-1-2-4-24(21)34-27/h1-8,11,14-15,17H,9-10,12-13,16H2. The lowest BCUT2D eigenvalue weighted by molar-refractivity contribution is -0.00571. The van der Waals surface area contributed by atoms with Crippen LogP contribution in [0.25, 0.3) is 16.8 Å². The summed E-state index contributed by atoms with van der Waals surface area (Å²) in [6.45, 7) is 1.07. The van der Waals surface area contributed by atoms with Crippen LogP contribution in [0.15, 0.2) is 73.2 Å². The van der Waals surface area contributed by atoms with E-state index in [-0.39, 0.29) is 11.7 Å². The van der Waals surface area contributed by atoms with E-state index in [1.54, 1.807) is 6.20 Å². The van der Waals surface area contributed by atoms with E-state index in [4.69, 9.17) is 16.3 Å². The maximum absolute atomic E-state index is 13.5. The van der Waals surface area contributed by atoms with Crippen molar-refractivity contribution in [2.45, 2.75) is 24.9 Å². The van der Waals surface area contributed by atoms with E-state index in [0.29, 0.717) is 54.3 Å². The fourth-order valence-corrected chi connectivity index (χ4v) is 5.14. The molecule has 1 amide bonds. The largest absolute Gasteiger partial charge is 0.486 e. The zero-order valence-corrected chi connectivity index (χ0v) is 19.2. The maximum Gasteiger partial charge on any atom is 0.255 e. The highest BCUT2D eigenvalue weighted by Crippen LogP contribution is 2.39. The highest BCUT2D eigenvalue weighted by molar-refractivity contribution is 6.30. The molecule has 0 aliphatic carbocycles. The molecule has 0 saturated carbocycles. The highest BCUT2D eigenvalue weighted by atomic mass is 35.5. The number of aromatic nitrogens is 2. The van der Waals surface area contributed by atoms with Crippen molar-refractivity contribution in [3.05, 3.63) is 89.3 Å². The van der Waals surface area contributed by atoms with Crippen molar-refractivity contribution < 1.29 is 14.3 Å². The number of para-hydroxylation sites is 1. The summed E-state index contributed by atoms with van der Waals surface area (Å²) >= 11 is 6.07. The van der Waals surface area contributed by atoms with Crippen LogP contribution in [-0.2, 0) is 0 Å². The Morgan fingerprint density at radius 3 is 2.59 bits per heavy atom. The number of carbonyl (C=O) groups excluding carboxylic acids is 2. The van der Waals surface area contributed by atoms with Gasteiger partial charge in [-0.2, -0.15) is 0 Å².